The molecule has 0 spiro atoms. The van der Waals surface area contributed by atoms with Crippen molar-refractivity contribution in [1.82, 2.24) is 15.0 Å². The normalized spacial score (nSPS) is 16.2. The highest BCUT2D eigenvalue weighted by Gasteiger charge is 2.34. The summed E-state index contributed by atoms with van der Waals surface area (Å²) >= 11 is 6.84. The van der Waals surface area contributed by atoms with Crippen LogP contribution in [0.25, 0.3) is 0 Å². The molecule has 1 fully saturated rings. The van der Waals surface area contributed by atoms with E-state index in [4.69, 9.17) is 11.6 Å². The van der Waals surface area contributed by atoms with E-state index in [0.717, 1.165) is 22.5 Å². The molecule has 1 saturated heterocycles. The van der Waals surface area contributed by atoms with Crippen LogP contribution in [0, 0.1) is 0 Å². The predicted octanol–water partition coefficient (Wildman–Crippen LogP) is 2.93. The number of hydrogen-bond acceptors (Lipinski definition) is 6. The summed E-state index contributed by atoms with van der Waals surface area (Å²) in [6.45, 7) is 2.42. The lowest BCUT2D eigenvalue weighted by molar-refractivity contribution is -0.140. The first kappa shape index (κ1) is 15.3. The molecule has 2 aromatic heterocycles. The number of piperazine rings is 1. The van der Waals surface area contributed by atoms with E-state index in [1.807, 2.05) is 9.80 Å². The Kier molecular flexibility index (Phi) is 4.09. The number of hydrogen-bond donors (Lipinski definition) is 0. The van der Waals surface area contributed by atoms with Crippen LogP contribution < -0.4 is 9.80 Å². The van der Waals surface area contributed by atoms with E-state index in [2.05, 4.69) is 15.0 Å². The molecule has 10 heteroatoms. The summed E-state index contributed by atoms with van der Waals surface area (Å²) in [7, 11) is 0. The molecule has 118 valence electrons. The van der Waals surface area contributed by atoms with Crippen LogP contribution in [0.3, 0.4) is 0 Å². The number of halogens is 4. The summed E-state index contributed by atoms with van der Waals surface area (Å²) in [5, 5.41) is 1.81. The van der Waals surface area contributed by atoms with Gasteiger partial charge in [0.1, 0.15) is 17.3 Å². The van der Waals surface area contributed by atoms with Gasteiger partial charge in [-0.1, -0.05) is 11.6 Å². The minimum Gasteiger partial charge on any atom is -0.353 e. The summed E-state index contributed by atoms with van der Waals surface area (Å²) in [5.41, 5.74) is -0.836. The van der Waals surface area contributed by atoms with Crippen molar-refractivity contribution < 1.29 is 13.2 Å². The molecule has 1 aliphatic heterocycles. The summed E-state index contributed by atoms with van der Waals surface area (Å²) in [4.78, 5) is 15.5. The van der Waals surface area contributed by atoms with Crippen molar-refractivity contribution in [3.05, 3.63) is 28.6 Å². The van der Waals surface area contributed by atoms with Gasteiger partial charge < -0.3 is 9.80 Å². The molecule has 0 saturated carbocycles. The maximum Gasteiger partial charge on any atom is 0.434 e. The van der Waals surface area contributed by atoms with Crippen LogP contribution in [0.1, 0.15) is 5.69 Å². The van der Waals surface area contributed by atoms with Gasteiger partial charge in [0.2, 0.25) is 0 Å². The minimum absolute atomic E-state index is 0.363. The Balaban J connectivity index is 1.65. The Labute approximate surface area is 133 Å². The van der Waals surface area contributed by atoms with Crippen molar-refractivity contribution >= 4 is 33.9 Å². The van der Waals surface area contributed by atoms with Gasteiger partial charge in [0.15, 0.2) is 10.8 Å². The molecule has 22 heavy (non-hydrogen) atoms. The average Bonchev–Trinajstić information content (AvgIpc) is 2.97. The van der Waals surface area contributed by atoms with Gasteiger partial charge in [-0.05, 0) is 0 Å². The van der Waals surface area contributed by atoms with Crippen molar-refractivity contribution in [3.8, 4) is 0 Å². The molecule has 1 aliphatic rings. The lowest BCUT2D eigenvalue weighted by atomic mass is 10.3. The van der Waals surface area contributed by atoms with Gasteiger partial charge in [-0.2, -0.15) is 13.2 Å². The molecule has 5 nitrogen and oxygen atoms in total. The van der Waals surface area contributed by atoms with Gasteiger partial charge in [0.05, 0.1) is 0 Å². The van der Waals surface area contributed by atoms with Crippen LogP contribution in [0.5, 0.6) is 0 Å². The van der Waals surface area contributed by atoms with Crippen LogP contribution in [0.4, 0.5) is 24.1 Å². The quantitative estimate of drug-likeness (QED) is 0.780. The number of anilines is 2. The second-order valence-electron chi connectivity index (χ2n) is 4.69. The molecule has 0 N–H and O–H groups in total. The molecule has 3 rings (SSSR count). The Hall–Kier alpha value is -1.61. The average molecular weight is 350 g/mol. The second-order valence-corrected chi connectivity index (χ2v) is 5.91. The highest BCUT2D eigenvalue weighted by Crippen LogP contribution is 2.33. The maximum atomic E-state index is 12.6. The highest BCUT2D eigenvalue weighted by molar-refractivity contribution is 7.13. The molecular weight excluding hydrogens is 339 g/mol. The lowest BCUT2D eigenvalue weighted by Crippen LogP contribution is -2.46. The van der Waals surface area contributed by atoms with Gasteiger partial charge in [-0.3, -0.25) is 0 Å². The molecule has 3 heterocycles. The number of nitrogens with zero attached hydrogens (tertiary/aromatic N) is 5. The lowest BCUT2D eigenvalue weighted by Gasteiger charge is -2.35. The fraction of sp³-hybridized carbons (Fsp3) is 0.417. The van der Waals surface area contributed by atoms with Crippen LogP contribution in [-0.2, 0) is 6.18 Å². The largest absolute Gasteiger partial charge is 0.434 e. The van der Waals surface area contributed by atoms with Crippen molar-refractivity contribution in [1.29, 1.82) is 0 Å². The van der Waals surface area contributed by atoms with Crippen LogP contribution in [0.2, 0.25) is 5.15 Å². The van der Waals surface area contributed by atoms with E-state index in [0.29, 0.717) is 36.5 Å². The molecule has 0 aliphatic carbocycles. The Morgan fingerprint density at radius 2 is 1.77 bits per heavy atom. The second kappa shape index (κ2) is 5.88. The first-order chi connectivity index (χ1) is 10.4. The van der Waals surface area contributed by atoms with Crippen LogP contribution >= 0.6 is 22.9 Å². The minimum atomic E-state index is -4.39. The summed E-state index contributed by atoms with van der Waals surface area (Å²) in [6.07, 6.45) is -3.01. The number of rotatable bonds is 2. The summed E-state index contributed by atoms with van der Waals surface area (Å²) in [5.74, 6) is 0.717. The number of aromatic nitrogens is 3. The number of alkyl halides is 3. The molecule has 0 atom stereocenters. The fourth-order valence-electron chi connectivity index (χ4n) is 2.16. The van der Waals surface area contributed by atoms with E-state index in [-0.39, 0.29) is 0 Å². The smallest absolute Gasteiger partial charge is 0.353 e. The zero-order valence-electron chi connectivity index (χ0n) is 11.2. The van der Waals surface area contributed by atoms with Crippen LogP contribution in [0.15, 0.2) is 17.8 Å². The Bertz CT molecular complexity index is 654. The van der Waals surface area contributed by atoms with Crippen LogP contribution in [-0.4, -0.2) is 41.1 Å². The molecule has 2 aromatic rings. The first-order valence-electron chi connectivity index (χ1n) is 6.43. The Morgan fingerprint density at radius 3 is 2.36 bits per heavy atom. The SMILES string of the molecule is FC(F)(F)c1csc(N2CCN(c3cc(Cl)ncn3)CC2)n1. The molecule has 0 unspecified atom stereocenters. The van der Waals surface area contributed by atoms with Gasteiger partial charge in [0, 0.05) is 37.6 Å². The predicted molar refractivity (Wildman–Crippen MR) is 78.6 cm³/mol. The third kappa shape index (κ3) is 3.25. The molecule has 0 amide bonds. The monoisotopic (exact) mass is 349 g/mol. The van der Waals surface area contributed by atoms with Gasteiger partial charge in [0.25, 0.3) is 0 Å². The summed E-state index contributed by atoms with van der Waals surface area (Å²) < 4.78 is 37.7. The molecule has 0 bridgehead atoms. The van der Waals surface area contributed by atoms with Crippen molar-refractivity contribution in [2.75, 3.05) is 36.0 Å². The van der Waals surface area contributed by atoms with E-state index in [9.17, 15) is 13.2 Å². The van der Waals surface area contributed by atoms with Gasteiger partial charge >= 0.3 is 6.18 Å². The van der Waals surface area contributed by atoms with E-state index in [1.165, 1.54) is 6.33 Å². The van der Waals surface area contributed by atoms with Crippen molar-refractivity contribution in [2.45, 2.75) is 6.18 Å². The zero-order valence-corrected chi connectivity index (χ0v) is 12.8. The highest BCUT2D eigenvalue weighted by atomic mass is 35.5. The standard InChI is InChI=1S/C12H11ClF3N5S/c13-9-5-10(18-7-17-9)20-1-3-21(4-2-20)11-19-8(6-22-11)12(14,15)16/h5-7H,1-4H2. The molecule has 0 radical (unpaired) electrons. The third-order valence-corrected chi connectivity index (χ3v) is 4.38. The van der Waals surface area contributed by atoms with Gasteiger partial charge in [-0.25, -0.2) is 15.0 Å². The zero-order chi connectivity index (χ0) is 15.7. The molecule has 0 aromatic carbocycles. The van der Waals surface area contributed by atoms with Crippen molar-refractivity contribution in [2.24, 2.45) is 0 Å². The maximum absolute atomic E-state index is 12.6. The van der Waals surface area contributed by atoms with E-state index >= 15 is 0 Å². The first-order valence-corrected chi connectivity index (χ1v) is 7.69. The van der Waals surface area contributed by atoms with Gasteiger partial charge in [-0.15, -0.1) is 11.3 Å². The number of thiazole rings is 1. The Morgan fingerprint density at radius 1 is 1.09 bits per heavy atom. The fourth-order valence-corrected chi connectivity index (χ4v) is 3.19. The van der Waals surface area contributed by atoms with E-state index in [1.54, 1.807) is 6.07 Å². The topological polar surface area (TPSA) is 45.2 Å². The van der Waals surface area contributed by atoms with Crippen molar-refractivity contribution in [3.63, 3.8) is 0 Å². The molecular formula is C12H11ClF3N5S. The van der Waals surface area contributed by atoms with E-state index < -0.39 is 11.9 Å². The summed E-state index contributed by atoms with van der Waals surface area (Å²) in [6, 6.07) is 1.67. The third-order valence-electron chi connectivity index (χ3n) is 3.28.